The minimum Gasteiger partial charge on any atom is -0.195 e. The normalized spacial score (nSPS) is 29.4. The van der Waals surface area contributed by atoms with Crippen LogP contribution in [0.4, 0.5) is 0 Å². The summed E-state index contributed by atoms with van der Waals surface area (Å²) in [5, 5.41) is 0. The molecule has 5 heteroatoms. The van der Waals surface area contributed by atoms with Crippen LogP contribution in [0, 0.1) is 5.92 Å². The second-order valence-corrected chi connectivity index (χ2v) is 9.90. The van der Waals surface area contributed by atoms with E-state index in [1.807, 2.05) is 11.4 Å². The van der Waals surface area contributed by atoms with Crippen molar-refractivity contribution >= 4 is 10.2 Å². The number of rotatable bonds is 5. The van der Waals surface area contributed by atoms with Crippen molar-refractivity contribution in [2.24, 2.45) is 5.92 Å². The maximum atomic E-state index is 13.1. The van der Waals surface area contributed by atoms with Crippen LogP contribution in [-0.4, -0.2) is 42.7 Å². The van der Waals surface area contributed by atoms with Gasteiger partial charge in [-0.05, 0) is 38.0 Å². The van der Waals surface area contributed by atoms with Crippen molar-refractivity contribution in [3.05, 3.63) is 0 Å². The van der Waals surface area contributed by atoms with E-state index >= 15 is 0 Å². The third-order valence-electron chi connectivity index (χ3n) is 6.40. The van der Waals surface area contributed by atoms with Crippen molar-refractivity contribution in [1.29, 1.82) is 0 Å². The highest BCUT2D eigenvalue weighted by Gasteiger charge is 2.40. The second kappa shape index (κ2) is 7.83. The molecular formula is C18H34N2O2S. The Morgan fingerprint density at radius 2 is 1.48 bits per heavy atom. The van der Waals surface area contributed by atoms with E-state index in [0.717, 1.165) is 44.6 Å². The second-order valence-electron chi connectivity index (χ2n) is 7.96. The van der Waals surface area contributed by atoms with Crippen LogP contribution in [0.25, 0.3) is 0 Å². The van der Waals surface area contributed by atoms with Crippen LogP contribution >= 0.6 is 0 Å². The first kappa shape index (κ1) is 17.7. The molecule has 0 amide bonds. The molecule has 2 aliphatic carbocycles. The fourth-order valence-corrected chi connectivity index (χ4v) is 6.80. The molecule has 0 N–H and O–H groups in total. The Morgan fingerprint density at radius 1 is 0.870 bits per heavy atom. The van der Waals surface area contributed by atoms with Crippen LogP contribution < -0.4 is 0 Å². The van der Waals surface area contributed by atoms with Crippen LogP contribution in [0.2, 0.25) is 0 Å². The van der Waals surface area contributed by atoms with Gasteiger partial charge in [0.15, 0.2) is 0 Å². The van der Waals surface area contributed by atoms with Gasteiger partial charge >= 0.3 is 0 Å². The minimum absolute atomic E-state index is 0.227. The molecule has 0 spiro atoms. The molecule has 0 aromatic heterocycles. The maximum absolute atomic E-state index is 13.1. The van der Waals surface area contributed by atoms with Gasteiger partial charge in [-0.25, -0.2) is 0 Å². The smallest absolute Gasteiger partial charge is 0.195 e. The van der Waals surface area contributed by atoms with E-state index in [1.165, 1.54) is 51.4 Å². The third-order valence-corrected chi connectivity index (χ3v) is 8.50. The van der Waals surface area contributed by atoms with Gasteiger partial charge in [-0.1, -0.05) is 51.4 Å². The molecule has 1 atom stereocenters. The minimum atomic E-state index is -3.27. The van der Waals surface area contributed by atoms with Crippen molar-refractivity contribution in [2.75, 3.05) is 13.6 Å². The largest absolute Gasteiger partial charge is 0.282 e. The number of hydrogen-bond donors (Lipinski definition) is 0. The predicted octanol–water partition coefficient (Wildman–Crippen LogP) is 3.93. The molecule has 0 bridgehead atoms. The van der Waals surface area contributed by atoms with E-state index in [0.29, 0.717) is 0 Å². The van der Waals surface area contributed by atoms with Crippen LogP contribution in [-0.2, 0) is 10.2 Å². The Bertz CT molecular complexity index is 467. The molecule has 2 saturated carbocycles. The van der Waals surface area contributed by atoms with Gasteiger partial charge in [-0.3, -0.25) is 0 Å². The average Bonchev–Trinajstić information content (AvgIpc) is 3.05. The van der Waals surface area contributed by atoms with Gasteiger partial charge in [-0.2, -0.15) is 17.0 Å². The lowest BCUT2D eigenvalue weighted by atomic mass is 9.84. The summed E-state index contributed by atoms with van der Waals surface area (Å²) in [7, 11) is -1.45. The molecule has 23 heavy (non-hydrogen) atoms. The van der Waals surface area contributed by atoms with Gasteiger partial charge in [0.2, 0.25) is 0 Å². The molecule has 3 fully saturated rings. The molecular weight excluding hydrogens is 308 g/mol. The average molecular weight is 343 g/mol. The lowest BCUT2D eigenvalue weighted by Gasteiger charge is -2.36. The standard InChI is InChI=1S/C18H34N2O2S/c1-19(17-11-6-3-7-12-17)23(21,22)20-14-8-13-18(20)15-16-9-4-2-5-10-16/h16-18H,2-15H2,1H3/t18-/m0/s1. The van der Waals surface area contributed by atoms with E-state index < -0.39 is 10.2 Å². The quantitative estimate of drug-likeness (QED) is 0.759. The first-order chi connectivity index (χ1) is 11.1. The zero-order chi connectivity index (χ0) is 16.3. The van der Waals surface area contributed by atoms with Gasteiger partial charge in [0.25, 0.3) is 10.2 Å². The molecule has 1 aliphatic heterocycles. The summed E-state index contributed by atoms with van der Waals surface area (Å²) in [6.45, 7) is 0.733. The van der Waals surface area contributed by atoms with E-state index in [4.69, 9.17) is 0 Å². The van der Waals surface area contributed by atoms with Gasteiger partial charge in [-0.15, -0.1) is 0 Å². The van der Waals surface area contributed by atoms with Crippen molar-refractivity contribution in [3.63, 3.8) is 0 Å². The molecule has 0 radical (unpaired) electrons. The Labute approximate surface area is 142 Å². The Hall–Kier alpha value is -0.130. The highest BCUT2D eigenvalue weighted by molar-refractivity contribution is 7.86. The van der Waals surface area contributed by atoms with E-state index in [-0.39, 0.29) is 12.1 Å². The van der Waals surface area contributed by atoms with Gasteiger partial charge < -0.3 is 0 Å². The zero-order valence-corrected chi connectivity index (χ0v) is 15.6. The molecule has 3 rings (SSSR count). The predicted molar refractivity (Wildman–Crippen MR) is 94.5 cm³/mol. The van der Waals surface area contributed by atoms with Gasteiger partial charge in [0.05, 0.1) is 0 Å². The van der Waals surface area contributed by atoms with Crippen molar-refractivity contribution in [2.45, 2.75) is 95.6 Å². The van der Waals surface area contributed by atoms with Gasteiger partial charge in [0, 0.05) is 25.7 Å². The number of hydrogen-bond acceptors (Lipinski definition) is 2. The van der Waals surface area contributed by atoms with E-state index in [2.05, 4.69) is 0 Å². The molecule has 1 heterocycles. The first-order valence-corrected chi connectivity index (χ1v) is 11.2. The first-order valence-electron chi connectivity index (χ1n) is 9.84. The van der Waals surface area contributed by atoms with Crippen molar-refractivity contribution in [1.82, 2.24) is 8.61 Å². The topological polar surface area (TPSA) is 40.6 Å². The maximum Gasteiger partial charge on any atom is 0.282 e. The Kier molecular flexibility index (Phi) is 6.02. The van der Waals surface area contributed by atoms with Crippen LogP contribution in [0.1, 0.15) is 83.5 Å². The molecule has 1 saturated heterocycles. The lowest BCUT2D eigenvalue weighted by Crippen LogP contribution is -2.49. The summed E-state index contributed by atoms with van der Waals surface area (Å²) < 4.78 is 29.8. The van der Waals surface area contributed by atoms with E-state index in [9.17, 15) is 8.42 Å². The van der Waals surface area contributed by atoms with Crippen LogP contribution in [0.5, 0.6) is 0 Å². The lowest BCUT2D eigenvalue weighted by molar-refractivity contribution is 0.235. The van der Waals surface area contributed by atoms with Gasteiger partial charge in [0.1, 0.15) is 0 Å². The molecule has 134 valence electrons. The van der Waals surface area contributed by atoms with E-state index in [1.54, 1.807) is 4.31 Å². The monoisotopic (exact) mass is 342 g/mol. The summed E-state index contributed by atoms with van der Waals surface area (Å²) in [4.78, 5) is 0. The van der Waals surface area contributed by atoms with Crippen molar-refractivity contribution < 1.29 is 8.42 Å². The fraction of sp³-hybridized carbons (Fsp3) is 1.00. The molecule has 0 unspecified atom stereocenters. The highest BCUT2D eigenvalue weighted by Crippen LogP contribution is 2.34. The van der Waals surface area contributed by atoms with Crippen molar-refractivity contribution in [3.8, 4) is 0 Å². The summed E-state index contributed by atoms with van der Waals surface area (Å²) in [5.41, 5.74) is 0. The molecule has 0 aromatic carbocycles. The Balaban J connectivity index is 1.64. The molecule has 4 nitrogen and oxygen atoms in total. The molecule has 3 aliphatic rings. The SMILES string of the molecule is CN(C1CCCCC1)S(=O)(=O)N1CCC[C@H]1CC1CCCCC1. The number of nitrogens with zero attached hydrogens (tertiary/aromatic N) is 2. The summed E-state index contributed by atoms with van der Waals surface area (Å²) >= 11 is 0. The summed E-state index contributed by atoms with van der Waals surface area (Å²) in [5.74, 6) is 0.754. The summed E-state index contributed by atoms with van der Waals surface area (Å²) in [6, 6.07) is 0.485. The van der Waals surface area contributed by atoms with Crippen LogP contribution in [0.15, 0.2) is 0 Å². The Morgan fingerprint density at radius 3 is 2.13 bits per heavy atom. The summed E-state index contributed by atoms with van der Waals surface area (Å²) in [6.07, 6.45) is 15.6. The fourth-order valence-electron chi connectivity index (χ4n) is 4.95. The zero-order valence-electron chi connectivity index (χ0n) is 14.8. The van der Waals surface area contributed by atoms with Crippen LogP contribution in [0.3, 0.4) is 0 Å². The molecule has 0 aromatic rings. The highest BCUT2D eigenvalue weighted by atomic mass is 32.2. The third kappa shape index (κ3) is 4.10.